The number of hydrogen-bond acceptors (Lipinski definition) is 5. The topological polar surface area (TPSA) is 104 Å². The van der Waals surface area contributed by atoms with Crippen molar-refractivity contribution >= 4 is 16.0 Å². The van der Waals surface area contributed by atoms with Crippen molar-refractivity contribution in [2.45, 2.75) is 50.1 Å². The molecule has 7 nitrogen and oxygen atoms in total. The lowest BCUT2D eigenvalue weighted by atomic mass is 10.1. The Hall–Kier alpha value is -0.700. The molecule has 1 saturated heterocycles. The van der Waals surface area contributed by atoms with Crippen molar-refractivity contribution in [1.82, 2.24) is 4.31 Å². The van der Waals surface area contributed by atoms with Crippen LogP contribution < -0.4 is 0 Å². The van der Waals surface area contributed by atoms with Gasteiger partial charge in [0.05, 0.1) is 29.5 Å². The number of hydrogen-bond donors (Lipinski definition) is 2. The van der Waals surface area contributed by atoms with E-state index in [4.69, 9.17) is 4.74 Å². The molecular weight excluding hydrogens is 298 g/mol. The van der Waals surface area contributed by atoms with Crippen LogP contribution in [0.4, 0.5) is 0 Å². The predicted octanol–water partition coefficient (Wildman–Crippen LogP) is 0.0412. The van der Waals surface area contributed by atoms with E-state index in [0.717, 1.165) is 0 Å². The largest absolute Gasteiger partial charge is 0.481 e. The minimum Gasteiger partial charge on any atom is -0.481 e. The molecule has 0 radical (unpaired) electrons. The molecule has 122 valence electrons. The highest BCUT2D eigenvalue weighted by Gasteiger charge is 2.47. The monoisotopic (exact) mass is 321 g/mol. The predicted molar refractivity (Wildman–Crippen MR) is 75.3 cm³/mol. The third-order valence-electron chi connectivity index (χ3n) is 4.17. The van der Waals surface area contributed by atoms with Crippen LogP contribution in [0.25, 0.3) is 0 Å². The highest BCUT2D eigenvalue weighted by Crippen LogP contribution is 2.35. The van der Waals surface area contributed by atoms with Gasteiger partial charge in [-0.3, -0.25) is 4.79 Å². The molecule has 1 aliphatic carbocycles. The Bertz CT molecular complexity index is 503. The van der Waals surface area contributed by atoms with Gasteiger partial charge in [-0.15, -0.1) is 0 Å². The molecule has 21 heavy (non-hydrogen) atoms. The Balaban J connectivity index is 2.24. The fourth-order valence-corrected chi connectivity index (χ4v) is 5.67. The summed E-state index contributed by atoms with van der Waals surface area (Å²) in [6.45, 7) is 3.52. The van der Waals surface area contributed by atoms with Crippen LogP contribution in [0.3, 0.4) is 0 Å². The molecule has 0 amide bonds. The van der Waals surface area contributed by atoms with Gasteiger partial charge in [-0.1, -0.05) is 6.42 Å². The summed E-state index contributed by atoms with van der Waals surface area (Å²) in [7, 11) is -3.71. The molecule has 1 heterocycles. The van der Waals surface area contributed by atoms with Crippen molar-refractivity contribution < 1.29 is 28.2 Å². The summed E-state index contributed by atoms with van der Waals surface area (Å²) in [5, 5.41) is 17.6. The number of rotatable bonds is 4. The van der Waals surface area contributed by atoms with E-state index >= 15 is 0 Å². The van der Waals surface area contributed by atoms with Gasteiger partial charge in [-0.05, 0) is 26.7 Å². The first-order valence-electron chi connectivity index (χ1n) is 7.18. The molecule has 2 rings (SSSR count). The van der Waals surface area contributed by atoms with Crippen molar-refractivity contribution in [3.63, 3.8) is 0 Å². The molecule has 2 fully saturated rings. The fraction of sp³-hybridized carbons (Fsp3) is 0.923. The third kappa shape index (κ3) is 3.39. The molecule has 1 aliphatic heterocycles. The Kier molecular flexibility index (Phi) is 4.63. The molecule has 0 aromatic rings. The summed E-state index contributed by atoms with van der Waals surface area (Å²) in [6, 6.07) is 0. The summed E-state index contributed by atoms with van der Waals surface area (Å²) in [4.78, 5) is 11.2. The van der Waals surface area contributed by atoms with Crippen molar-refractivity contribution in [2.24, 2.45) is 5.92 Å². The van der Waals surface area contributed by atoms with Gasteiger partial charge in [0.1, 0.15) is 0 Å². The molecule has 3 unspecified atom stereocenters. The second-order valence-electron chi connectivity index (χ2n) is 6.43. The van der Waals surface area contributed by atoms with Crippen LogP contribution in [-0.4, -0.2) is 65.6 Å². The molecule has 2 aliphatic rings. The Morgan fingerprint density at radius 3 is 2.62 bits per heavy atom. The molecule has 3 atom stereocenters. The SMILES string of the molecule is CC1(C)CN(S(=O)(=O)C2CCCC2C(=O)O)CC(CO)O1. The lowest BCUT2D eigenvalue weighted by molar-refractivity contribution is -0.141. The zero-order valence-corrected chi connectivity index (χ0v) is 13.2. The number of aliphatic hydroxyl groups excluding tert-OH is 1. The second-order valence-corrected chi connectivity index (χ2v) is 8.59. The Morgan fingerprint density at radius 2 is 2.05 bits per heavy atom. The molecule has 1 saturated carbocycles. The minimum absolute atomic E-state index is 0.0745. The first-order valence-corrected chi connectivity index (χ1v) is 8.68. The van der Waals surface area contributed by atoms with E-state index in [1.165, 1.54) is 4.31 Å². The molecule has 0 aromatic heterocycles. The second kappa shape index (κ2) is 5.83. The minimum atomic E-state index is -3.71. The van der Waals surface area contributed by atoms with Crippen LogP contribution in [0.2, 0.25) is 0 Å². The highest BCUT2D eigenvalue weighted by molar-refractivity contribution is 7.89. The van der Waals surface area contributed by atoms with Crippen LogP contribution in [0.1, 0.15) is 33.1 Å². The van der Waals surface area contributed by atoms with Gasteiger partial charge in [-0.25, -0.2) is 8.42 Å². The van der Waals surface area contributed by atoms with Gasteiger partial charge in [-0.2, -0.15) is 4.31 Å². The van der Waals surface area contributed by atoms with Crippen LogP contribution in [0, 0.1) is 5.92 Å². The number of sulfonamides is 1. The average Bonchev–Trinajstić information content (AvgIpc) is 2.86. The van der Waals surface area contributed by atoms with Crippen LogP contribution in [-0.2, 0) is 19.6 Å². The molecule has 0 aromatic carbocycles. The highest BCUT2D eigenvalue weighted by atomic mass is 32.2. The molecular formula is C13H23NO6S. The zero-order valence-electron chi connectivity index (χ0n) is 12.4. The normalized spacial score (nSPS) is 34.0. The summed E-state index contributed by atoms with van der Waals surface area (Å²) < 4.78 is 32.5. The van der Waals surface area contributed by atoms with Gasteiger partial charge in [0.2, 0.25) is 10.0 Å². The van der Waals surface area contributed by atoms with Gasteiger partial charge in [0.15, 0.2) is 0 Å². The number of carboxylic acids is 1. The number of carboxylic acid groups (broad SMARTS) is 1. The number of aliphatic carboxylic acids is 1. The van der Waals surface area contributed by atoms with Gasteiger partial charge in [0.25, 0.3) is 0 Å². The first kappa shape index (κ1) is 16.7. The van der Waals surface area contributed by atoms with Crippen LogP contribution in [0.15, 0.2) is 0 Å². The Morgan fingerprint density at radius 1 is 1.38 bits per heavy atom. The molecule has 0 spiro atoms. The third-order valence-corrected chi connectivity index (χ3v) is 6.49. The van der Waals surface area contributed by atoms with E-state index in [0.29, 0.717) is 19.3 Å². The number of ether oxygens (including phenoxy) is 1. The Labute approximate surface area is 124 Å². The quantitative estimate of drug-likeness (QED) is 0.758. The van der Waals surface area contributed by atoms with E-state index in [-0.39, 0.29) is 19.7 Å². The van der Waals surface area contributed by atoms with Crippen molar-refractivity contribution in [3.05, 3.63) is 0 Å². The van der Waals surface area contributed by atoms with Crippen molar-refractivity contribution in [3.8, 4) is 0 Å². The van der Waals surface area contributed by atoms with E-state index in [9.17, 15) is 23.4 Å². The number of nitrogens with zero attached hydrogens (tertiary/aromatic N) is 1. The van der Waals surface area contributed by atoms with Gasteiger partial charge in [0, 0.05) is 13.1 Å². The maximum absolute atomic E-state index is 12.8. The van der Waals surface area contributed by atoms with Gasteiger partial charge >= 0.3 is 5.97 Å². The van der Waals surface area contributed by atoms with E-state index in [1.807, 2.05) is 0 Å². The van der Waals surface area contributed by atoms with Crippen molar-refractivity contribution in [2.75, 3.05) is 19.7 Å². The van der Waals surface area contributed by atoms with E-state index in [2.05, 4.69) is 0 Å². The lowest BCUT2D eigenvalue weighted by Crippen LogP contribution is -2.57. The lowest BCUT2D eigenvalue weighted by Gasteiger charge is -2.42. The zero-order chi connectivity index (χ0) is 15.8. The molecule has 8 heteroatoms. The summed E-state index contributed by atoms with van der Waals surface area (Å²) >= 11 is 0. The molecule has 0 bridgehead atoms. The van der Waals surface area contributed by atoms with Crippen LogP contribution >= 0.6 is 0 Å². The maximum atomic E-state index is 12.8. The van der Waals surface area contributed by atoms with E-state index in [1.54, 1.807) is 13.8 Å². The van der Waals surface area contributed by atoms with E-state index < -0.39 is 38.9 Å². The summed E-state index contributed by atoms with van der Waals surface area (Å²) in [6.07, 6.45) is 0.808. The standard InChI is InChI=1S/C13H23NO6S/c1-13(2)8-14(6-9(7-15)20-13)21(18,19)11-5-3-4-10(11)12(16)17/h9-11,15H,3-8H2,1-2H3,(H,16,17). The summed E-state index contributed by atoms with van der Waals surface area (Å²) in [5.41, 5.74) is -0.698. The van der Waals surface area contributed by atoms with Gasteiger partial charge < -0.3 is 14.9 Å². The maximum Gasteiger partial charge on any atom is 0.307 e. The van der Waals surface area contributed by atoms with Crippen molar-refractivity contribution in [1.29, 1.82) is 0 Å². The number of morpholine rings is 1. The van der Waals surface area contributed by atoms with Crippen LogP contribution in [0.5, 0.6) is 0 Å². The number of carbonyl (C=O) groups is 1. The average molecular weight is 321 g/mol. The first-order chi connectivity index (χ1) is 9.67. The smallest absolute Gasteiger partial charge is 0.307 e. The fourth-order valence-electron chi connectivity index (χ4n) is 3.29. The number of aliphatic hydroxyl groups is 1. The summed E-state index contributed by atoms with van der Waals surface area (Å²) in [5.74, 6) is -1.89. The molecule has 2 N–H and O–H groups in total.